The number of ether oxygens (including phenoxy) is 2. The van der Waals surface area contributed by atoms with Gasteiger partial charge in [0.1, 0.15) is 17.6 Å². The van der Waals surface area contributed by atoms with Crippen molar-refractivity contribution in [2.75, 3.05) is 21.3 Å². The minimum atomic E-state index is -0.686. The average Bonchev–Trinajstić information content (AvgIpc) is 2.85. The number of carbonyl (C=O) groups excluding carboxylic acids is 1. The maximum absolute atomic E-state index is 14.1. The zero-order valence-corrected chi connectivity index (χ0v) is 19.0. The van der Waals surface area contributed by atoms with Crippen molar-refractivity contribution in [1.29, 1.82) is 0 Å². The first-order valence-electron chi connectivity index (χ1n) is 10.7. The molecule has 0 saturated heterocycles. The number of methoxy groups -OCH3 is 2. The van der Waals surface area contributed by atoms with Crippen LogP contribution in [0.15, 0.2) is 66.7 Å². The van der Waals surface area contributed by atoms with E-state index < -0.39 is 17.9 Å². The van der Waals surface area contributed by atoms with E-state index in [-0.39, 0.29) is 11.7 Å². The van der Waals surface area contributed by atoms with Gasteiger partial charge in [-0.05, 0) is 54.3 Å². The lowest BCUT2D eigenvalue weighted by atomic mass is 9.95. The largest absolute Gasteiger partial charge is 0.508 e. The summed E-state index contributed by atoms with van der Waals surface area (Å²) in [6, 6.07) is 17.6. The van der Waals surface area contributed by atoms with Crippen LogP contribution in [0.25, 0.3) is 0 Å². The van der Waals surface area contributed by atoms with E-state index >= 15 is 0 Å². The van der Waals surface area contributed by atoms with E-state index in [0.29, 0.717) is 29.9 Å². The molecule has 3 aromatic carbocycles. The Kier molecular flexibility index (Phi) is 8.27. The number of halogens is 1. The summed E-state index contributed by atoms with van der Waals surface area (Å²) in [6.45, 7) is 0. The molecule has 0 saturated carbocycles. The van der Waals surface area contributed by atoms with Crippen LogP contribution in [0.5, 0.6) is 17.2 Å². The predicted octanol–water partition coefficient (Wildman–Crippen LogP) is 4.30. The van der Waals surface area contributed by atoms with Gasteiger partial charge in [-0.3, -0.25) is 10.1 Å². The highest BCUT2D eigenvalue weighted by Crippen LogP contribution is 2.33. The van der Waals surface area contributed by atoms with Crippen LogP contribution < -0.4 is 20.1 Å². The van der Waals surface area contributed by atoms with Gasteiger partial charge in [0.15, 0.2) is 11.5 Å². The maximum atomic E-state index is 14.1. The first-order chi connectivity index (χ1) is 16.0. The molecule has 174 valence electrons. The maximum Gasteiger partial charge on any atom is 0.241 e. The van der Waals surface area contributed by atoms with E-state index in [1.165, 1.54) is 18.2 Å². The molecule has 0 radical (unpaired) electrons. The Labute approximate surface area is 193 Å². The van der Waals surface area contributed by atoms with Gasteiger partial charge >= 0.3 is 0 Å². The van der Waals surface area contributed by atoms with Gasteiger partial charge in [-0.15, -0.1) is 0 Å². The lowest BCUT2D eigenvalue weighted by Crippen LogP contribution is -2.38. The molecule has 0 bridgehead atoms. The summed E-state index contributed by atoms with van der Waals surface area (Å²) < 4.78 is 24.8. The molecule has 3 N–H and O–H groups in total. The van der Waals surface area contributed by atoms with Gasteiger partial charge in [0.25, 0.3) is 0 Å². The van der Waals surface area contributed by atoms with Gasteiger partial charge in [-0.2, -0.15) is 0 Å². The fraction of sp³-hybridized carbons (Fsp3) is 0.269. The summed E-state index contributed by atoms with van der Waals surface area (Å²) in [5.41, 5.74) is 2.13. The van der Waals surface area contributed by atoms with Gasteiger partial charge in [0.05, 0.1) is 14.2 Å². The molecule has 0 fully saturated rings. The number of rotatable bonds is 10. The van der Waals surface area contributed by atoms with Crippen LogP contribution in [-0.4, -0.2) is 32.3 Å². The summed E-state index contributed by atoms with van der Waals surface area (Å²) in [7, 11) is 4.72. The van der Waals surface area contributed by atoms with Crippen LogP contribution in [0.4, 0.5) is 4.39 Å². The summed E-state index contributed by atoms with van der Waals surface area (Å²) in [5.74, 6) is 0.512. The molecule has 0 aliphatic heterocycles. The fourth-order valence-corrected chi connectivity index (χ4v) is 3.79. The van der Waals surface area contributed by atoms with Gasteiger partial charge < -0.3 is 19.9 Å². The van der Waals surface area contributed by atoms with E-state index in [1.807, 2.05) is 48.5 Å². The van der Waals surface area contributed by atoms with Crippen LogP contribution in [0.3, 0.4) is 0 Å². The molecule has 2 unspecified atom stereocenters. The fourth-order valence-electron chi connectivity index (χ4n) is 3.79. The van der Waals surface area contributed by atoms with Gasteiger partial charge in [-0.1, -0.05) is 36.4 Å². The number of nitrogens with one attached hydrogen (secondary N) is 2. The third-order valence-electron chi connectivity index (χ3n) is 5.54. The quantitative estimate of drug-likeness (QED) is 0.428. The number of phenolic OH excluding ortho intramolecular Hbond substituents is 1. The molecule has 0 heterocycles. The predicted molar refractivity (Wildman–Crippen MR) is 125 cm³/mol. The monoisotopic (exact) mass is 452 g/mol. The Morgan fingerprint density at radius 1 is 1.00 bits per heavy atom. The normalized spacial score (nSPS) is 12.6. The molecule has 3 aromatic rings. The Morgan fingerprint density at radius 3 is 2.39 bits per heavy atom. The number of phenols is 1. The number of hydrogen-bond acceptors (Lipinski definition) is 5. The number of hydrogen-bond donors (Lipinski definition) is 3. The molecular formula is C26H29FN2O4. The van der Waals surface area contributed by atoms with Gasteiger partial charge in [0, 0.05) is 18.7 Å². The first kappa shape index (κ1) is 24.1. The van der Waals surface area contributed by atoms with Crippen LogP contribution in [0.2, 0.25) is 0 Å². The highest BCUT2D eigenvalue weighted by Gasteiger charge is 2.26. The molecule has 2 atom stereocenters. The molecule has 0 aliphatic rings. The molecule has 0 aliphatic carbocycles. The van der Waals surface area contributed by atoms with Gasteiger partial charge in [0.2, 0.25) is 5.91 Å². The van der Waals surface area contributed by atoms with Crippen molar-refractivity contribution in [3.05, 3.63) is 89.2 Å². The van der Waals surface area contributed by atoms with Crippen molar-refractivity contribution >= 4 is 5.91 Å². The zero-order chi connectivity index (χ0) is 23.8. The second-order valence-corrected chi connectivity index (χ2v) is 7.61. The summed E-state index contributed by atoms with van der Waals surface area (Å²) >= 11 is 0. The molecule has 1 amide bonds. The smallest absolute Gasteiger partial charge is 0.241 e. The van der Waals surface area contributed by atoms with E-state index in [0.717, 1.165) is 11.1 Å². The molecule has 3 rings (SSSR count). The number of carbonyl (C=O) groups is 1. The second-order valence-electron chi connectivity index (χ2n) is 7.61. The standard InChI is InChI=1S/C26H29FN2O4/c1-28-26(31)25(18-7-5-4-6-8-18)29-21(20-16-19(27)11-13-22(20)30)12-9-17-10-14-23(32-2)24(15-17)33-3/h4-8,10-11,13-16,21,25,29-30H,9,12H2,1-3H3,(H,28,31). The first-order valence-corrected chi connectivity index (χ1v) is 10.7. The third kappa shape index (κ3) is 6.02. The lowest BCUT2D eigenvalue weighted by molar-refractivity contribution is -0.123. The van der Waals surface area contributed by atoms with Crippen molar-refractivity contribution < 1.29 is 23.8 Å². The van der Waals surface area contributed by atoms with E-state index in [2.05, 4.69) is 10.6 Å². The third-order valence-corrected chi connectivity index (χ3v) is 5.54. The molecule has 0 aromatic heterocycles. The Bertz CT molecular complexity index is 1080. The van der Waals surface area contributed by atoms with Crippen LogP contribution >= 0.6 is 0 Å². The Balaban J connectivity index is 1.92. The number of aryl methyl sites for hydroxylation is 1. The van der Waals surface area contributed by atoms with Crippen molar-refractivity contribution in [3.8, 4) is 17.2 Å². The average molecular weight is 453 g/mol. The zero-order valence-electron chi connectivity index (χ0n) is 19.0. The number of likely N-dealkylation sites (N-methyl/N-ethyl adjacent to an activating group) is 1. The minimum absolute atomic E-state index is 0.0371. The van der Waals surface area contributed by atoms with E-state index in [4.69, 9.17) is 9.47 Å². The Morgan fingerprint density at radius 2 is 1.73 bits per heavy atom. The molecule has 33 heavy (non-hydrogen) atoms. The lowest BCUT2D eigenvalue weighted by Gasteiger charge is -2.26. The number of aromatic hydroxyl groups is 1. The highest BCUT2D eigenvalue weighted by atomic mass is 19.1. The topological polar surface area (TPSA) is 79.8 Å². The van der Waals surface area contributed by atoms with Crippen molar-refractivity contribution in [1.82, 2.24) is 10.6 Å². The van der Waals surface area contributed by atoms with Crippen LogP contribution in [0, 0.1) is 5.82 Å². The van der Waals surface area contributed by atoms with Gasteiger partial charge in [-0.25, -0.2) is 4.39 Å². The minimum Gasteiger partial charge on any atom is -0.508 e. The molecular weight excluding hydrogens is 423 g/mol. The Hall–Kier alpha value is -3.58. The molecule has 0 spiro atoms. The SMILES string of the molecule is CNC(=O)C(NC(CCc1ccc(OC)c(OC)c1)c1cc(F)ccc1O)c1ccccc1. The van der Waals surface area contributed by atoms with E-state index in [1.54, 1.807) is 21.3 Å². The van der Waals surface area contributed by atoms with E-state index in [9.17, 15) is 14.3 Å². The summed E-state index contributed by atoms with van der Waals surface area (Å²) in [6.07, 6.45) is 1.08. The van der Waals surface area contributed by atoms with Crippen molar-refractivity contribution in [2.45, 2.75) is 24.9 Å². The molecule has 6 nitrogen and oxygen atoms in total. The number of benzene rings is 3. The van der Waals surface area contributed by atoms with Crippen molar-refractivity contribution in [2.24, 2.45) is 0 Å². The van der Waals surface area contributed by atoms with Crippen molar-refractivity contribution in [3.63, 3.8) is 0 Å². The molecule has 7 heteroatoms. The van der Waals surface area contributed by atoms with Crippen LogP contribution in [0.1, 0.15) is 35.2 Å². The summed E-state index contributed by atoms with van der Waals surface area (Å²) in [5, 5.41) is 16.5. The van der Waals surface area contributed by atoms with Crippen LogP contribution in [-0.2, 0) is 11.2 Å². The highest BCUT2D eigenvalue weighted by molar-refractivity contribution is 5.83. The summed E-state index contributed by atoms with van der Waals surface area (Å²) in [4.78, 5) is 12.7. The second kappa shape index (κ2) is 11.3. The number of amides is 1.